The van der Waals surface area contributed by atoms with Gasteiger partial charge < -0.3 is 10.0 Å². The Balaban J connectivity index is 2.03. The molecule has 2 aromatic heterocycles. The van der Waals surface area contributed by atoms with Crippen LogP contribution in [-0.2, 0) is 4.79 Å². The lowest BCUT2D eigenvalue weighted by atomic mass is 10.2. The maximum absolute atomic E-state index is 10.8. The molecule has 0 amide bonds. The minimum atomic E-state index is -0.940. The van der Waals surface area contributed by atoms with Crippen molar-refractivity contribution in [1.82, 2.24) is 9.38 Å². The fraction of sp³-hybridized carbons (Fsp3) is 0.467. The topological polar surface area (TPSA) is 57.8 Å². The first-order valence-electron chi connectivity index (χ1n) is 7.19. The molecule has 1 aliphatic carbocycles. The van der Waals surface area contributed by atoms with Crippen LogP contribution in [-0.4, -0.2) is 33.0 Å². The Morgan fingerprint density at radius 1 is 1.62 bits per heavy atom. The fourth-order valence-corrected chi connectivity index (χ4v) is 3.14. The predicted octanol–water partition coefficient (Wildman–Crippen LogP) is 3.12. The number of anilines is 1. The third-order valence-electron chi connectivity index (χ3n) is 3.71. The van der Waals surface area contributed by atoms with Gasteiger partial charge in [-0.1, -0.05) is 0 Å². The van der Waals surface area contributed by atoms with Gasteiger partial charge in [0, 0.05) is 30.2 Å². The van der Waals surface area contributed by atoms with Crippen molar-refractivity contribution in [2.75, 3.05) is 11.4 Å². The second kappa shape index (κ2) is 5.52. The van der Waals surface area contributed by atoms with Gasteiger partial charge in [0.15, 0.2) is 10.8 Å². The number of carbonyl (C=O) groups is 1. The maximum atomic E-state index is 10.8. The molecule has 5 nitrogen and oxygen atoms in total. The summed E-state index contributed by atoms with van der Waals surface area (Å²) in [4.78, 5) is 18.8. The third kappa shape index (κ3) is 2.95. The number of fused-ring (bicyclic) bond motifs is 1. The lowest BCUT2D eigenvalue weighted by Crippen LogP contribution is -2.33. The van der Waals surface area contributed by atoms with E-state index in [1.165, 1.54) is 18.9 Å². The Bertz CT molecular complexity index is 682. The van der Waals surface area contributed by atoms with E-state index in [4.69, 9.17) is 10.1 Å². The molecule has 6 heteroatoms. The van der Waals surface area contributed by atoms with E-state index >= 15 is 0 Å². The van der Waals surface area contributed by atoms with E-state index in [1.54, 1.807) is 17.4 Å². The van der Waals surface area contributed by atoms with Crippen LogP contribution in [0.1, 0.15) is 32.4 Å². The highest BCUT2D eigenvalue weighted by Crippen LogP contribution is 2.34. The zero-order valence-electron chi connectivity index (χ0n) is 12.2. The van der Waals surface area contributed by atoms with Gasteiger partial charge in [0.2, 0.25) is 0 Å². The Hall–Kier alpha value is -1.82. The van der Waals surface area contributed by atoms with Crippen LogP contribution in [0.4, 0.5) is 5.82 Å². The summed E-state index contributed by atoms with van der Waals surface area (Å²) < 4.78 is 1.96. The molecular formula is C15H19N3O2S. The maximum Gasteiger partial charge on any atom is 0.328 e. The summed E-state index contributed by atoms with van der Waals surface area (Å²) in [6.45, 7) is 5.30. The van der Waals surface area contributed by atoms with Gasteiger partial charge in [-0.2, -0.15) is 0 Å². The number of imidazole rings is 1. The molecule has 1 aliphatic rings. The molecule has 3 rings (SSSR count). The SMILES string of the molecule is CC(C)N(CC1CC1)c1nc2sccn2c1C=CC(=O)O. The first-order valence-corrected chi connectivity index (χ1v) is 8.07. The van der Waals surface area contributed by atoms with Crippen molar-refractivity contribution >= 4 is 34.2 Å². The lowest BCUT2D eigenvalue weighted by molar-refractivity contribution is -0.131. The van der Waals surface area contributed by atoms with Crippen LogP contribution in [0, 0.1) is 5.92 Å². The van der Waals surface area contributed by atoms with Crippen molar-refractivity contribution in [1.29, 1.82) is 0 Å². The predicted molar refractivity (Wildman–Crippen MR) is 84.9 cm³/mol. The van der Waals surface area contributed by atoms with Gasteiger partial charge in [-0.25, -0.2) is 9.78 Å². The van der Waals surface area contributed by atoms with Crippen LogP contribution < -0.4 is 4.90 Å². The van der Waals surface area contributed by atoms with Crippen LogP contribution in [0.2, 0.25) is 0 Å². The molecular weight excluding hydrogens is 286 g/mol. The normalized spacial score (nSPS) is 15.4. The van der Waals surface area contributed by atoms with Gasteiger partial charge in [0.25, 0.3) is 0 Å². The molecule has 0 aromatic carbocycles. The van der Waals surface area contributed by atoms with Crippen molar-refractivity contribution < 1.29 is 9.90 Å². The zero-order chi connectivity index (χ0) is 15.0. The van der Waals surface area contributed by atoms with Crippen LogP contribution in [0.15, 0.2) is 17.7 Å². The minimum Gasteiger partial charge on any atom is -0.478 e. The van der Waals surface area contributed by atoms with Crippen LogP contribution in [0.3, 0.4) is 0 Å². The molecule has 0 saturated heterocycles. The van der Waals surface area contributed by atoms with Crippen molar-refractivity contribution in [3.05, 3.63) is 23.3 Å². The van der Waals surface area contributed by atoms with Crippen molar-refractivity contribution in [3.63, 3.8) is 0 Å². The number of rotatable bonds is 6. The molecule has 2 heterocycles. The number of hydrogen-bond donors (Lipinski definition) is 1. The summed E-state index contributed by atoms with van der Waals surface area (Å²) in [5.74, 6) is 0.703. The number of nitrogens with zero attached hydrogens (tertiary/aromatic N) is 3. The standard InChI is InChI=1S/C15H19N3O2S/c1-10(2)18(9-11-3-4-11)14-12(5-6-13(19)20)17-7-8-21-15(17)16-14/h5-8,10-11H,3-4,9H2,1-2H3,(H,19,20). The molecule has 0 radical (unpaired) electrons. The summed E-state index contributed by atoms with van der Waals surface area (Å²) in [6, 6.07) is 0.340. The fourth-order valence-electron chi connectivity index (χ4n) is 2.43. The first kappa shape index (κ1) is 14.1. The highest BCUT2D eigenvalue weighted by molar-refractivity contribution is 7.15. The number of aliphatic carboxylic acids is 1. The van der Waals surface area contributed by atoms with E-state index in [0.29, 0.717) is 6.04 Å². The first-order chi connectivity index (χ1) is 10.1. The van der Waals surface area contributed by atoms with Gasteiger partial charge in [0.05, 0.1) is 5.69 Å². The van der Waals surface area contributed by atoms with Gasteiger partial charge in [-0.15, -0.1) is 11.3 Å². The monoisotopic (exact) mass is 305 g/mol. The Labute approximate surface area is 127 Å². The van der Waals surface area contributed by atoms with E-state index in [-0.39, 0.29) is 0 Å². The number of carboxylic acid groups (broad SMARTS) is 1. The molecule has 21 heavy (non-hydrogen) atoms. The number of aromatic nitrogens is 2. The van der Waals surface area contributed by atoms with Gasteiger partial charge >= 0.3 is 5.97 Å². The van der Waals surface area contributed by atoms with E-state index < -0.39 is 5.97 Å². The van der Waals surface area contributed by atoms with Crippen LogP contribution in [0.5, 0.6) is 0 Å². The number of thiazole rings is 1. The zero-order valence-corrected chi connectivity index (χ0v) is 13.0. The molecule has 0 spiro atoms. The van der Waals surface area contributed by atoms with Crippen LogP contribution in [0.25, 0.3) is 11.0 Å². The average Bonchev–Trinajstić information content (AvgIpc) is 3.01. The van der Waals surface area contributed by atoms with Crippen LogP contribution >= 0.6 is 11.3 Å². The molecule has 112 valence electrons. The van der Waals surface area contributed by atoms with Crippen molar-refractivity contribution in [2.45, 2.75) is 32.7 Å². The molecule has 1 saturated carbocycles. The second-order valence-electron chi connectivity index (χ2n) is 5.74. The molecule has 2 aromatic rings. The molecule has 0 unspecified atom stereocenters. The second-order valence-corrected chi connectivity index (χ2v) is 6.61. The molecule has 1 N–H and O–H groups in total. The van der Waals surface area contributed by atoms with E-state index in [2.05, 4.69) is 18.7 Å². The van der Waals surface area contributed by atoms with Crippen molar-refractivity contribution in [2.24, 2.45) is 5.92 Å². The molecule has 0 bridgehead atoms. The lowest BCUT2D eigenvalue weighted by Gasteiger charge is -2.27. The quantitative estimate of drug-likeness (QED) is 0.833. The van der Waals surface area contributed by atoms with Crippen molar-refractivity contribution in [3.8, 4) is 0 Å². The summed E-state index contributed by atoms with van der Waals surface area (Å²) >= 11 is 1.56. The summed E-state index contributed by atoms with van der Waals surface area (Å²) in [7, 11) is 0. The van der Waals surface area contributed by atoms with Gasteiger partial charge in [-0.3, -0.25) is 4.40 Å². The van der Waals surface area contributed by atoms with Gasteiger partial charge in [-0.05, 0) is 38.7 Å². The van der Waals surface area contributed by atoms with E-state index in [0.717, 1.165) is 28.9 Å². The molecule has 0 aliphatic heterocycles. The summed E-state index contributed by atoms with van der Waals surface area (Å²) in [5.41, 5.74) is 0.850. The Morgan fingerprint density at radius 2 is 2.38 bits per heavy atom. The highest BCUT2D eigenvalue weighted by Gasteiger charge is 2.28. The van der Waals surface area contributed by atoms with E-state index in [9.17, 15) is 4.79 Å². The van der Waals surface area contributed by atoms with Gasteiger partial charge in [0.1, 0.15) is 0 Å². The average molecular weight is 305 g/mol. The third-order valence-corrected chi connectivity index (χ3v) is 4.47. The summed E-state index contributed by atoms with van der Waals surface area (Å²) in [6.07, 6.45) is 7.33. The highest BCUT2D eigenvalue weighted by atomic mass is 32.1. The van der Waals surface area contributed by atoms with E-state index in [1.807, 2.05) is 16.0 Å². The number of carboxylic acids is 1. The summed E-state index contributed by atoms with van der Waals surface area (Å²) in [5, 5.41) is 10.9. The smallest absolute Gasteiger partial charge is 0.328 e. The Morgan fingerprint density at radius 3 is 3.00 bits per heavy atom. The largest absolute Gasteiger partial charge is 0.478 e. The minimum absolute atomic E-state index is 0.340. The Kier molecular flexibility index (Phi) is 3.71. The molecule has 0 atom stereocenters. The number of hydrogen-bond acceptors (Lipinski definition) is 4. The molecule has 1 fully saturated rings.